The van der Waals surface area contributed by atoms with Crippen molar-refractivity contribution in [2.75, 3.05) is 13.2 Å². The van der Waals surface area contributed by atoms with Gasteiger partial charge in [0.05, 0.1) is 13.2 Å². The molecule has 3 rings (SSSR count). The molecule has 0 N–H and O–H groups in total. The van der Waals surface area contributed by atoms with E-state index in [1.54, 1.807) is 6.20 Å². The van der Waals surface area contributed by atoms with Gasteiger partial charge in [-0.2, -0.15) is 0 Å². The van der Waals surface area contributed by atoms with Gasteiger partial charge >= 0.3 is 0 Å². The van der Waals surface area contributed by atoms with Gasteiger partial charge in [0, 0.05) is 23.4 Å². The lowest BCUT2D eigenvalue weighted by molar-refractivity contribution is 0.248. The van der Waals surface area contributed by atoms with Crippen LogP contribution in [0.25, 0.3) is 10.8 Å². The molecular formula is C29H35NO2. The summed E-state index contributed by atoms with van der Waals surface area (Å²) >= 11 is 0. The third kappa shape index (κ3) is 7.61. The van der Waals surface area contributed by atoms with E-state index in [9.17, 15) is 0 Å². The van der Waals surface area contributed by atoms with Gasteiger partial charge < -0.3 is 9.47 Å². The van der Waals surface area contributed by atoms with Crippen LogP contribution in [0.3, 0.4) is 0 Å². The van der Waals surface area contributed by atoms with Gasteiger partial charge in [-0.05, 0) is 53.4 Å². The van der Waals surface area contributed by atoms with Gasteiger partial charge in [0.2, 0.25) is 5.88 Å². The zero-order chi connectivity index (χ0) is 22.6. The fraction of sp³-hybridized carbons (Fsp3) is 0.414. The second-order valence-corrected chi connectivity index (χ2v) is 8.45. The van der Waals surface area contributed by atoms with Crippen LogP contribution in [0.1, 0.15) is 70.4 Å². The normalized spacial score (nSPS) is 11.6. The summed E-state index contributed by atoms with van der Waals surface area (Å²) in [6, 6.07) is 16.4. The summed E-state index contributed by atoms with van der Waals surface area (Å²) in [6.45, 7) is 8.05. The monoisotopic (exact) mass is 429 g/mol. The Balaban J connectivity index is 1.56. The highest BCUT2D eigenvalue weighted by Gasteiger charge is 2.02. The molecule has 3 heteroatoms. The smallest absolute Gasteiger partial charge is 0.213 e. The zero-order valence-electron chi connectivity index (χ0n) is 19.7. The van der Waals surface area contributed by atoms with E-state index in [4.69, 9.17) is 9.47 Å². The van der Waals surface area contributed by atoms with E-state index >= 15 is 0 Å². The molecular weight excluding hydrogens is 394 g/mol. The summed E-state index contributed by atoms with van der Waals surface area (Å²) in [5.41, 5.74) is 1.86. The fourth-order valence-electron chi connectivity index (χ4n) is 3.32. The van der Waals surface area contributed by atoms with Gasteiger partial charge in [0.15, 0.2) is 0 Å². The van der Waals surface area contributed by atoms with Crippen molar-refractivity contribution in [2.24, 2.45) is 5.92 Å². The van der Waals surface area contributed by atoms with Crippen molar-refractivity contribution in [3.05, 3.63) is 65.9 Å². The molecule has 0 aliphatic heterocycles. The van der Waals surface area contributed by atoms with Crippen molar-refractivity contribution in [3.63, 3.8) is 0 Å². The summed E-state index contributed by atoms with van der Waals surface area (Å²) in [7, 11) is 0. The molecule has 0 aliphatic carbocycles. The minimum absolute atomic E-state index is 0.530. The summed E-state index contributed by atoms with van der Waals surface area (Å²) in [4.78, 5) is 4.36. The quantitative estimate of drug-likeness (QED) is 0.235. The first kappa shape index (κ1) is 23.7. The number of aromatic nitrogens is 1. The highest BCUT2D eigenvalue weighted by molar-refractivity contribution is 5.85. The number of hydrogen-bond donors (Lipinski definition) is 0. The van der Waals surface area contributed by atoms with E-state index in [0.717, 1.165) is 36.3 Å². The number of nitrogens with zero attached hydrogens (tertiary/aromatic N) is 1. The standard InChI is InChI=1S/C29H35NO2/c1-4-6-7-8-9-18-31-28-16-15-26-19-24(12-14-27(26)20-28)10-11-25-13-17-29(30-21-25)32-22-23(3)5-2/h12-17,19-21,23H,4-9,18,22H2,1-3H3/t23-/m0/s1. The maximum Gasteiger partial charge on any atom is 0.213 e. The van der Waals surface area contributed by atoms with Crippen LogP contribution in [-0.4, -0.2) is 18.2 Å². The zero-order valence-corrected chi connectivity index (χ0v) is 19.7. The van der Waals surface area contributed by atoms with Crippen LogP contribution in [0.5, 0.6) is 11.6 Å². The lowest BCUT2D eigenvalue weighted by Crippen LogP contribution is -2.07. The Morgan fingerprint density at radius 2 is 1.56 bits per heavy atom. The molecule has 1 aromatic heterocycles. The van der Waals surface area contributed by atoms with Crippen LogP contribution < -0.4 is 9.47 Å². The third-order valence-corrected chi connectivity index (χ3v) is 5.63. The van der Waals surface area contributed by atoms with E-state index in [0.29, 0.717) is 18.4 Å². The highest BCUT2D eigenvalue weighted by Crippen LogP contribution is 2.22. The predicted octanol–water partition coefficient (Wildman–Crippen LogP) is 7.41. The number of rotatable bonds is 11. The molecule has 1 atom stereocenters. The van der Waals surface area contributed by atoms with Crippen LogP contribution in [0.2, 0.25) is 0 Å². The van der Waals surface area contributed by atoms with E-state index in [2.05, 4.69) is 67.9 Å². The van der Waals surface area contributed by atoms with Gasteiger partial charge in [-0.15, -0.1) is 0 Å². The van der Waals surface area contributed by atoms with E-state index in [1.807, 2.05) is 18.2 Å². The minimum atomic E-state index is 0.530. The van der Waals surface area contributed by atoms with E-state index in [-0.39, 0.29) is 0 Å². The number of benzene rings is 2. The number of fused-ring (bicyclic) bond motifs is 1. The van der Waals surface area contributed by atoms with Crippen LogP contribution in [0.15, 0.2) is 54.7 Å². The first-order valence-corrected chi connectivity index (χ1v) is 12.0. The summed E-state index contributed by atoms with van der Waals surface area (Å²) in [5, 5.41) is 2.34. The van der Waals surface area contributed by atoms with Gasteiger partial charge in [-0.1, -0.05) is 76.8 Å². The minimum Gasteiger partial charge on any atom is -0.494 e. The lowest BCUT2D eigenvalue weighted by Gasteiger charge is -2.09. The molecule has 1 heterocycles. The average molecular weight is 430 g/mol. The number of pyridine rings is 1. The molecule has 2 aromatic carbocycles. The molecule has 0 saturated carbocycles. The third-order valence-electron chi connectivity index (χ3n) is 5.63. The average Bonchev–Trinajstić information content (AvgIpc) is 2.83. The Morgan fingerprint density at radius 3 is 2.34 bits per heavy atom. The molecule has 0 fully saturated rings. The van der Waals surface area contributed by atoms with Crippen molar-refractivity contribution in [1.29, 1.82) is 0 Å². The second-order valence-electron chi connectivity index (χ2n) is 8.45. The molecule has 0 amide bonds. The van der Waals surface area contributed by atoms with Crippen LogP contribution >= 0.6 is 0 Å². The van der Waals surface area contributed by atoms with Crippen molar-refractivity contribution in [1.82, 2.24) is 4.98 Å². The molecule has 32 heavy (non-hydrogen) atoms. The fourth-order valence-corrected chi connectivity index (χ4v) is 3.32. The first-order valence-electron chi connectivity index (χ1n) is 12.0. The van der Waals surface area contributed by atoms with E-state index < -0.39 is 0 Å². The summed E-state index contributed by atoms with van der Waals surface area (Å²) < 4.78 is 11.6. The topological polar surface area (TPSA) is 31.4 Å². The van der Waals surface area contributed by atoms with Gasteiger partial charge in [0.25, 0.3) is 0 Å². The van der Waals surface area contributed by atoms with Crippen LogP contribution in [-0.2, 0) is 0 Å². The lowest BCUT2D eigenvalue weighted by atomic mass is 10.1. The Bertz CT molecular complexity index is 1030. The summed E-state index contributed by atoms with van der Waals surface area (Å²) in [5.74, 6) is 8.56. The van der Waals surface area contributed by atoms with Gasteiger partial charge in [-0.25, -0.2) is 4.98 Å². The maximum atomic E-state index is 5.93. The van der Waals surface area contributed by atoms with Crippen molar-refractivity contribution < 1.29 is 9.47 Å². The van der Waals surface area contributed by atoms with Crippen LogP contribution in [0.4, 0.5) is 0 Å². The highest BCUT2D eigenvalue weighted by atomic mass is 16.5. The molecule has 3 aromatic rings. The molecule has 168 valence electrons. The number of hydrogen-bond acceptors (Lipinski definition) is 3. The van der Waals surface area contributed by atoms with Crippen molar-refractivity contribution >= 4 is 10.8 Å². The molecule has 3 nitrogen and oxygen atoms in total. The molecule has 0 bridgehead atoms. The molecule has 0 spiro atoms. The number of unbranched alkanes of at least 4 members (excludes halogenated alkanes) is 4. The molecule has 0 radical (unpaired) electrons. The van der Waals surface area contributed by atoms with Crippen molar-refractivity contribution in [2.45, 2.75) is 59.3 Å². The SMILES string of the molecule is CCCCCCCOc1ccc2cc(C#Cc3ccc(OC[C@@H](C)CC)nc3)ccc2c1. The first-order chi connectivity index (χ1) is 15.7. The van der Waals surface area contributed by atoms with Crippen molar-refractivity contribution in [3.8, 4) is 23.5 Å². The molecule has 0 unspecified atom stereocenters. The number of ether oxygens (including phenoxy) is 2. The maximum absolute atomic E-state index is 5.93. The summed E-state index contributed by atoms with van der Waals surface area (Å²) in [6.07, 6.45) is 9.12. The van der Waals surface area contributed by atoms with Crippen LogP contribution in [0, 0.1) is 17.8 Å². The Hall–Kier alpha value is -2.99. The Labute approximate surface area is 193 Å². The predicted molar refractivity (Wildman–Crippen MR) is 133 cm³/mol. The largest absolute Gasteiger partial charge is 0.494 e. The molecule has 0 saturated heterocycles. The Kier molecular flexibility index (Phi) is 9.44. The van der Waals surface area contributed by atoms with Gasteiger partial charge in [-0.3, -0.25) is 0 Å². The second kappa shape index (κ2) is 12.8. The Morgan fingerprint density at radius 1 is 0.812 bits per heavy atom. The van der Waals surface area contributed by atoms with E-state index in [1.165, 1.54) is 36.5 Å². The van der Waals surface area contributed by atoms with Gasteiger partial charge in [0.1, 0.15) is 5.75 Å². The molecule has 0 aliphatic rings.